The van der Waals surface area contributed by atoms with E-state index >= 15 is 0 Å². The highest BCUT2D eigenvalue weighted by Gasteiger charge is 2.28. The smallest absolute Gasteiger partial charge is 0.230 e. The second kappa shape index (κ2) is 6.19. The minimum atomic E-state index is 0.0314. The maximum Gasteiger partial charge on any atom is 0.230 e. The van der Waals surface area contributed by atoms with E-state index in [1.165, 1.54) is 29.5 Å². The molecule has 21 heavy (non-hydrogen) atoms. The molecule has 1 aliphatic rings. The van der Waals surface area contributed by atoms with Crippen molar-refractivity contribution in [3.8, 4) is 0 Å². The second-order valence-electron chi connectivity index (χ2n) is 5.22. The number of rotatable bonds is 6. The summed E-state index contributed by atoms with van der Waals surface area (Å²) in [5.41, 5.74) is 0. The van der Waals surface area contributed by atoms with E-state index in [1.807, 2.05) is 31.4 Å². The van der Waals surface area contributed by atoms with E-state index < -0.39 is 0 Å². The quantitative estimate of drug-likeness (QED) is 0.831. The van der Waals surface area contributed by atoms with Crippen LogP contribution in [0.2, 0.25) is 0 Å². The van der Waals surface area contributed by atoms with Crippen LogP contribution in [0.3, 0.4) is 0 Å². The molecule has 7 heteroatoms. The fourth-order valence-electron chi connectivity index (χ4n) is 2.22. The second-order valence-corrected chi connectivity index (χ2v) is 7.15. The Morgan fingerprint density at radius 2 is 2.38 bits per heavy atom. The summed E-state index contributed by atoms with van der Waals surface area (Å²) in [4.78, 5) is 13.2. The molecule has 1 fully saturated rings. The lowest BCUT2D eigenvalue weighted by atomic mass is 10.3. The first-order valence-electron chi connectivity index (χ1n) is 7.02. The van der Waals surface area contributed by atoms with E-state index in [0.29, 0.717) is 11.8 Å². The van der Waals surface area contributed by atoms with Crippen LogP contribution in [-0.2, 0) is 4.79 Å². The molecular formula is C14H18N4OS2. The zero-order chi connectivity index (χ0) is 14.8. The molecule has 0 bridgehead atoms. The van der Waals surface area contributed by atoms with Crippen molar-refractivity contribution in [2.24, 2.45) is 0 Å². The highest BCUT2D eigenvalue weighted by atomic mass is 32.2. The Hall–Kier alpha value is -1.34. The van der Waals surface area contributed by atoms with Crippen LogP contribution in [-0.4, -0.2) is 26.4 Å². The average Bonchev–Trinajstić information content (AvgIpc) is 3.01. The Kier molecular flexibility index (Phi) is 4.30. The average molecular weight is 322 g/mol. The Labute approximate surface area is 132 Å². The molecule has 5 nitrogen and oxygen atoms in total. The first kappa shape index (κ1) is 14.6. The third-order valence-corrected chi connectivity index (χ3v) is 5.42. The highest BCUT2D eigenvalue weighted by molar-refractivity contribution is 7.99. The Balaban J connectivity index is 1.54. The number of nitrogens with zero attached hydrogens (tertiary/aromatic N) is 3. The molecule has 1 saturated carbocycles. The van der Waals surface area contributed by atoms with Crippen molar-refractivity contribution in [1.82, 2.24) is 20.1 Å². The molecule has 0 spiro atoms. The van der Waals surface area contributed by atoms with Crippen LogP contribution in [0, 0.1) is 6.92 Å². The predicted molar refractivity (Wildman–Crippen MR) is 84.6 cm³/mol. The van der Waals surface area contributed by atoms with Gasteiger partial charge in [0.25, 0.3) is 0 Å². The van der Waals surface area contributed by atoms with E-state index in [4.69, 9.17) is 0 Å². The van der Waals surface area contributed by atoms with Crippen LogP contribution in [0.25, 0.3) is 0 Å². The van der Waals surface area contributed by atoms with Gasteiger partial charge >= 0.3 is 0 Å². The van der Waals surface area contributed by atoms with Gasteiger partial charge < -0.3 is 9.88 Å². The highest BCUT2D eigenvalue weighted by Crippen LogP contribution is 2.38. The van der Waals surface area contributed by atoms with E-state index in [1.54, 1.807) is 11.3 Å². The third-order valence-electron chi connectivity index (χ3n) is 3.43. The fraction of sp³-hybridized carbons (Fsp3) is 0.500. The lowest BCUT2D eigenvalue weighted by Crippen LogP contribution is -2.27. The fourth-order valence-corrected chi connectivity index (χ4v) is 3.82. The van der Waals surface area contributed by atoms with Crippen molar-refractivity contribution in [2.45, 2.75) is 43.9 Å². The summed E-state index contributed by atoms with van der Waals surface area (Å²) < 4.78 is 2.15. The Morgan fingerprint density at radius 3 is 3.05 bits per heavy atom. The van der Waals surface area contributed by atoms with Crippen LogP contribution in [0.15, 0.2) is 22.7 Å². The number of nitrogens with one attached hydrogen (secondary N) is 1. The summed E-state index contributed by atoms with van der Waals surface area (Å²) in [5.74, 6) is 1.34. The molecule has 0 saturated heterocycles. The van der Waals surface area contributed by atoms with Crippen molar-refractivity contribution in [1.29, 1.82) is 0 Å². The number of hydrogen-bond acceptors (Lipinski definition) is 5. The van der Waals surface area contributed by atoms with Crippen LogP contribution in [0.4, 0.5) is 0 Å². The standard InChI is InChI=1S/C14H18N4OS2/c1-9(12-4-3-7-20-12)15-13(19)8-21-14-17-16-10(2)18(14)11-5-6-11/h3-4,7,9,11H,5-6,8H2,1-2H3,(H,15,19)/t9-/m1/s1. The maximum absolute atomic E-state index is 12.0. The lowest BCUT2D eigenvalue weighted by Gasteiger charge is -2.12. The first-order valence-corrected chi connectivity index (χ1v) is 8.88. The van der Waals surface area contributed by atoms with Gasteiger partial charge in [-0.2, -0.15) is 0 Å². The van der Waals surface area contributed by atoms with Gasteiger partial charge in [0.05, 0.1) is 11.8 Å². The molecular weight excluding hydrogens is 304 g/mol. The summed E-state index contributed by atoms with van der Waals surface area (Å²) in [5, 5.41) is 14.2. The number of aryl methyl sites for hydroxylation is 1. The number of carbonyl (C=O) groups excluding carboxylic acids is 1. The molecule has 0 radical (unpaired) electrons. The number of aromatic nitrogens is 3. The number of carbonyl (C=O) groups is 1. The third kappa shape index (κ3) is 3.47. The molecule has 0 aliphatic heterocycles. The van der Waals surface area contributed by atoms with Gasteiger partial charge in [0.2, 0.25) is 5.91 Å². The molecule has 2 aromatic heterocycles. The summed E-state index contributed by atoms with van der Waals surface area (Å²) in [6, 6.07) is 4.63. The summed E-state index contributed by atoms with van der Waals surface area (Å²) in [6.07, 6.45) is 2.38. The Bertz CT molecular complexity index is 619. The topological polar surface area (TPSA) is 59.8 Å². The van der Waals surface area contributed by atoms with Gasteiger partial charge in [-0.05, 0) is 38.1 Å². The summed E-state index contributed by atoms with van der Waals surface area (Å²) >= 11 is 3.12. The van der Waals surface area contributed by atoms with Gasteiger partial charge in [-0.15, -0.1) is 21.5 Å². The lowest BCUT2D eigenvalue weighted by molar-refractivity contribution is -0.119. The molecule has 1 atom stereocenters. The zero-order valence-electron chi connectivity index (χ0n) is 12.1. The SMILES string of the molecule is Cc1nnc(SCC(=O)N[C@H](C)c2cccs2)n1C1CC1. The predicted octanol–water partition coefficient (Wildman–Crippen LogP) is 2.95. The zero-order valence-corrected chi connectivity index (χ0v) is 13.7. The van der Waals surface area contributed by atoms with Gasteiger partial charge in [0.15, 0.2) is 5.16 Å². The molecule has 0 aromatic carbocycles. The van der Waals surface area contributed by atoms with Crippen LogP contribution in [0.5, 0.6) is 0 Å². The molecule has 3 rings (SSSR count). The van der Waals surface area contributed by atoms with Gasteiger partial charge in [-0.3, -0.25) is 4.79 Å². The van der Waals surface area contributed by atoms with Gasteiger partial charge in [-0.1, -0.05) is 17.8 Å². The number of hydrogen-bond donors (Lipinski definition) is 1. The molecule has 1 aliphatic carbocycles. The van der Waals surface area contributed by atoms with Crippen molar-refractivity contribution < 1.29 is 4.79 Å². The van der Waals surface area contributed by atoms with Crippen molar-refractivity contribution in [2.75, 3.05) is 5.75 Å². The molecule has 2 heterocycles. The van der Waals surface area contributed by atoms with Crippen LogP contribution >= 0.6 is 23.1 Å². The van der Waals surface area contributed by atoms with Crippen molar-refractivity contribution in [3.05, 3.63) is 28.2 Å². The number of thioether (sulfide) groups is 1. The van der Waals surface area contributed by atoms with Gasteiger partial charge in [0, 0.05) is 10.9 Å². The number of amides is 1. The van der Waals surface area contributed by atoms with E-state index in [0.717, 1.165) is 11.0 Å². The summed E-state index contributed by atoms with van der Waals surface area (Å²) in [6.45, 7) is 3.97. The summed E-state index contributed by atoms with van der Waals surface area (Å²) in [7, 11) is 0. The Morgan fingerprint density at radius 1 is 1.57 bits per heavy atom. The normalized spacial score (nSPS) is 15.9. The molecule has 1 amide bonds. The largest absolute Gasteiger partial charge is 0.348 e. The van der Waals surface area contributed by atoms with Crippen molar-refractivity contribution >= 4 is 29.0 Å². The minimum absolute atomic E-state index is 0.0314. The number of thiophene rings is 1. The first-order chi connectivity index (χ1) is 10.1. The van der Waals surface area contributed by atoms with Crippen molar-refractivity contribution in [3.63, 3.8) is 0 Å². The van der Waals surface area contributed by atoms with Crippen LogP contribution < -0.4 is 5.32 Å². The molecule has 1 N–H and O–H groups in total. The van der Waals surface area contributed by atoms with E-state index in [9.17, 15) is 4.79 Å². The van der Waals surface area contributed by atoms with E-state index in [2.05, 4.69) is 20.1 Å². The molecule has 2 aromatic rings. The minimum Gasteiger partial charge on any atom is -0.348 e. The van der Waals surface area contributed by atoms with E-state index in [-0.39, 0.29) is 11.9 Å². The molecule has 0 unspecified atom stereocenters. The van der Waals surface area contributed by atoms with Crippen LogP contribution in [0.1, 0.15) is 42.6 Å². The maximum atomic E-state index is 12.0. The molecule has 112 valence electrons. The van der Waals surface area contributed by atoms with Gasteiger partial charge in [-0.25, -0.2) is 0 Å². The van der Waals surface area contributed by atoms with Gasteiger partial charge in [0.1, 0.15) is 5.82 Å². The monoisotopic (exact) mass is 322 g/mol.